The molecule has 0 aliphatic carbocycles. The van der Waals surface area contributed by atoms with Gasteiger partial charge < -0.3 is 15.5 Å². The Kier molecular flexibility index (Phi) is 4.87. The van der Waals surface area contributed by atoms with Gasteiger partial charge in [-0.1, -0.05) is 6.07 Å². The minimum absolute atomic E-state index is 0.0890. The highest BCUT2D eigenvalue weighted by Gasteiger charge is 2.12. The van der Waals surface area contributed by atoms with Crippen LogP contribution >= 0.6 is 12.2 Å². The molecule has 0 heterocycles. The van der Waals surface area contributed by atoms with E-state index in [4.69, 9.17) is 17.3 Å². The first kappa shape index (κ1) is 16.4. The maximum Gasteiger partial charge on any atom is 0.339 e. The molecule has 0 saturated heterocycles. The predicted octanol–water partition coefficient (Wildman–Crippen LogP) is 2.36. The minimum atomic E-state index is -1.30. The van der Waals surface area contributed by atoms with Crippen LogP contribution in [0.5, 0.6) is 5.75 Å². The number of carboxylic acid groups (broad SMARTS) is 1. The highest BCUT2D eigenvalue weighted by atomic mass is 32.1. The smallest absolute Gasteiger partial charge is 0.339 e. The Bertz CT molecular complexity index is 795. The number of halogens is 1. The Balaban J connectivity index is 2.06. The molecule has 2 aromatic rings. The van der Waals surface area contributed by atoms with Gasteiger partial charge in [0.2, 0.25) is 0 Å². The second-order valence-corrected chi connectivity index (χ2v) is 4.86. The summed E-state index contributed by atoms with van der Waals surface area (Å²) in [6, 6.07) is 8.81. The number of carbonyl (C=O) groups is 2. The standard InChI is InChI=1S/C15H11FN2O4S/c16-9-3-1-2-8(6-9)13(20)18-15(23)17-10-4-5-12(19)11(7-10)14(21)22/h1-7,19H,(H,21,22)(H2,17,18,20,23). The molecule has 0 bridgehead atoms. The summed E-state index contributed by atoms with van der Waals surface area (Å²) in [6.07, 6.45) is 0. The van der Waals surface area contributed by atoms with Crippen molar-refractivity contribution in [2.24, 2.45) is 0 Å². The fraction of sp³-hybridized carbons (Fsp3) is 0. The van der Waals surface area contributed by atoms with Crippen LogP contribution in [0, 0.1) is 5.82 Å². The summed E-state index contributed by atoms with van der Waals surface area (Å²) in [7, 11) is 0. The molecule has 4 N–H and O–H groups in total. The topological polar surface area (TPSA) is 98.7 Å². The highest BCUT2D eigenvalue weighted by Crippen LogP contribution is 2.21. The summed E-state index contributed by atoms with van der Waals surface area (Å²) in [5, 5.41) is 23.2. The number of amides is 1. The monoisotopic (exact) mass is 334 g/mol. The number of phenols is 1. The van der Waals surface area contributed by atoms with E-state index in [0.29, 0.717) is 0 Å². The van der Waals surface area contributed by atoms with Crippen LogP contribution in [0.15, 0.2) is 42.5 Å². The Morgan fingerprint density at radius 2 is 1.87 bits per heavy atom. The van der Waals surface area contributed by atoms with Crippen LogP contribution in [-0.4, -0.2) is 27.2 Å². The van der Waals surface area contributed by atoms with Gasteiger partial charge in [0, 0.05) is 11.3 Å². The third-order valence-electron chi connectivity index (χ3n) is 2.80. The molecule has 2 aromatic carbocycles. The first-order valence-electron chi connectivity index (χ1n) is 6.31. The molecule has 0 spiro atoms. The number of benzene rings is 2. The Morgan fingerprint density at radius 1 is 1.13 bits per heavy atom. The Labute approximate surface area is 135 Å². The summed E-state index contributed by atoms with van der Waals surface area (Å²) in [5.74, 6) is -2.86. The van der Waals surface area contributed by atoms with Crippen molar-refractivity contribution in [3.8, 4) is 5.75 Å². The van der Waals surface area contributed by atoms with Gasteiger partial charge in [-0.2, -0.15) is 0 Å². The Morgan fingerprint density at radius 3 is 2.52 bits per heavy atom. The van der Waals surface area contributed by atoms with Gasteiger partial charge in [-0.25, -0.2) is 9.18 Å². The van der Waals surface area contributed by atoms with Crippen LogP contribution in [0.4, 0.5) is 10.1 Å². The average Bonchev–Trinajstić information content (AvgIpc) is 2.48. The molecule has 0 fully saturated rings. The van der Waals surface area contributed by atoms with Crippen LogP contribution in [0.2, 0.25) is 0 Å². The number of carbonyl (C=O) groups excluding carboxylic acids is 1. The fourth-order valence-electron chi connectivity index (χ4n) is 1.75. The van der Waals surface area contributed by atoms with Gasteiger partial charge in [0.1, 0.15) is 17.1 Å². The van der Waals surface area contributed by atoms with Crippen LogP contribution in [-0.2, 0) is 0 Å². The quantitative estimate of drug-likeness (QED) is 0.508. The SMILES string of the molecule is O=C(NC(=S)Nc1ccc(O)c(C(=O)O)c1)c1cccc(F)c1. The molecular weight excluding hydrogens is 323 g/mol. The Hall–Kier alpha value is -3.00. The zero-order valence-corrected chi connectivity index (χ0v) is 12.4. The van der Waals surface area contributed by atoms with E-state index in [-0.39, 0.29) is 21.9 Å². The zero-order chi connectivity index (χ0) is 17.0. The molecule has 8 heteroatoms. The summed E-state index contributed by atoms with van der Waals surface area (Å²) in [4.78, 5) is 22.8. The van der Waals surface area contributed by atoms with Gasteiger partial charge in [-0.15, -0.1) is 0 Å². The third-order valence-corrected chi connectivity index (χ3v) is 3.00. The molecule has 0 saturated carbocycles. The van der Waals surface area contributed by atoms with E-state index in [1.54, 1.807) is 0 Å². The van der Waals surface area contributed by atoms with E-state index in [0.717, 1.165) is 12.1 Å². The lowest BCUT2D eigenvalue weighted by Gasteiger charge is -2.10. The number of aromatic hydroxyl groups is 1. The summed E-state index contributed by atoms with van der Waals surface area (Å²) >= 11 is 4.94. The lowest BCUT2D eigenvalue weighted by molar-refractivity contribution is 0.0693. The van der Waals surface area contributed by atoms with Crippen molar-refractivity contribution >= 4 is 34.9 Å². The van der Waals surface area contributed by atoms with Crippen molar-refractivity contribution in [3.05, 3.63) is 59.4 Å². The molecule has 0 radical (unpaired) electrons. The van der Waals surface area contributed by atoms with Gasteiger partial charge in [0.05, 0.1) is 0 Å². The normalized spacial score (nSPS) is 9.96. The second kappa shape index (κ2) is 6.84. The van der Waals surface area contributed by atoms with E-state index in [9.17, 15) is 19.1 Å². The van der Waals surface area contributed by atoms with E-state index in [1.165, 1.54) is 30.3 Å². The van der Waals surface area contributed by atoms with Crippen molar-refractivity contribution in [1.82, 2.24) is 5.32 Å². The van der Waals surface area contributed by atoms with Crippen molar-refractivity contribution in [2.75, 3.05) is 5.32 Å². The van der Waals surface area contributed by atoms with Crippen LogP contribution in [0.1, 0.15) is 20.7 Å². The molecule has 0 aromatic heterocycles. The number of hydrogen-bond donors (Lipinski definition) is 4. The molecule has 0 unspecified atom stereocenters. The molecule has 6 nitrogen and oxygen atoms in total. The van der Waals surface area contributed by atoms with Gasteiger partial charge in [0.15, 0.2) is 5.11 Å². The lowest BCUT2D eigenvalue weighted by Crippen LogP contribution is -2.34. The molecular formula is C15H11FN2O4S. The van der Waals surface area contributed by atoms with Gasteiger partial charge in [0.25, 0.3) is 5.91 Å². The van der Waals surface area contributed by atoms with Gasteiger partial charge >= 0.3 is 5.97 Å². The molecule has 0 atom stereocenters. The van der Waals surface area contributed by atoms with Crippen LogP contribution in [0.25, 0.3) is 0 Å². The van der Waals surface area contributed by atoms with E-state index in [2.05, 4.69) is 10.6 Å². The number of thiocarbonyl (C=S) groups is 1. The molecule has 0 aliphatic heterocycles. The molecule has 23 heavy (non-hydrogen) atoms. The van der Waals surface area contributed by atoms with Crippen molar-refractivity contribution < 1.29 is 24.2 Å². The number of anilines is 1. The number of carboxylic acids is 1. The third kappa shape index (κ3) is 4.24. The molecule has 1 amide bonds. The van der Waals surface area contributed by atoms with Crippen LogP contribution in [0.3, 0.4) is 0 Å². The fourth-order valence-corrected chi connectivity index (χ4v) is 1.96. The second-order valence-electron chi connectivity index (χ2n) is 4.46. The molecule has 118 valence electrons. The first-order chi connectivity index (χ1) is 10.9. The number of rotatable bonds is 3. The average molecular weight is 334 g/mol. The van der Waals surface area contributed by atoms with E-state index in [1.807, 2.05) is 0 Å². The summed E-state index contributed by atoms with van der Waals surface area (Å²) < 4.78 is 13.1. The maximum absolute atomic E-state index is 13.1. The lowest BCUT2D eigenvalue weighted by atomic mass is 10.2. The largest absolute Gasteiger partial charge is 0.507 e. The zero-order valence-electron chi connectivity index (χ0n) is 11.5. The van der Waals surface area contributed by atoms with Crippen molar-refractivity contribution in [3.63, 3.8) is 0 Å². The van der Waals surface area contributed by atoms with Crippen LogP contribution < -0.4 is 10.6 Å². The summed E-state index contributed by atoms with van der Waals surface area (Å²) in [5.41, 5.74) is 0.0464. The number of hydrogen-bond acceptors (Lipinski definition) is 4. The van der Waals surface area contributed by atoms with E-state index < -0.39 is 23.4 Å². The highest BCUT2D eigenvalue weighted by molar-refractivity contribution is 7.80. The van der Waals surface area contributed by atoms with Gasteiger partial charge in [-0.3, -0.25) is 10.1 Å². The molecule has 2 rings (SSSR count). The summed E-state index contributed by atoms with van der Waals surface area (Å²) in [6.45, 7) is 0. The predicted molar refractivity (Wildman–Crippen MR) is 85.2 cm³/mol. The molecule has 0 aliphatic rings. The van der Waals surface area contributed by atoms with E-state index >= 15 is 0 Å². The minimum Gasteiger partial charge on any atom is -0.507 e. The maximum atomic E-state index is 13.1. The van der Waals surface area contributed by atoms with Crippen molar-refractivity contribution in [1.29, 1.82) is 0 Å². The number of nitrogens with one attached hydrogen (secondary N) is 2. The van der Waals surface area contributed by atoms with Gasteiger partial charge in [-0.05, 0) is 48.6 Å². The number of aromatic carboxylic acids is 1. The van der Waals surface area contributed by atoms with Crippen molar-refractivity contribution in [2.45, 2.75) is 0 Å². The first-order valence-corrected chi connectivity index (χ1v) is 6.72.